The number of rotatable bonds is 4. The van der Waals surface area contributed by atoms with E-state index >= 15 is 0 Å². The fourth-order valence-electron chi connectivity index (χ4n) is 3.79. The van der Waals surface area contributed by atoms with Gasteiger partial charge in [-0.3, -0.25) is 14.9 Å². The van der Waals surface area contributed by atoms with Crippen LogP contribution in [0.5, 0.6) is 0 Å². The zero-order chi connectivity index (χ0) is 17.2. The van der Waals surface area contributed by atoms with E-state index in [1.807, 2.05) is 43.3 Å². The molecule has 1 atom stereocenters. The minimum atomic E-state index is -0.0509. The first-order chi connectivity index (χ1) is 12.2. The van der Waals surface area contributed by atoms with Crippen LogP contribution in [0.4, 0.5) is 0 Å². The zero-order valence-electron chi connectivity index (χ0n) is 14.3. The number of carbonyl (C=O) groups is 1. The number of nitrogens with one attached hydrogen (secondary N) is 2. The van der Waals surface area contributed by atoms with Crippen molar-refractivity contribution < 1.29 is 4.79 Å². The van der Waals surface area contributed by atoms with Gasteiger partial charge in [-0.05, 0) is 56.0 Å². The topological polar surface area (TPSA) is 70.7 Å². The second-order valence-corrected chi connectivity index (χ2v) is 6.83. The average molecular weight is 334 g/mol. The summed E-state index contributed by atoms with van der Waals surface area (Å²) in [7, 11) is 0. The number of aromatic nitrogens is 3. The summed E-state index contributed by atoms with van der Waals surface area (Å²) < 4.78 is 0. The molecule has 1 aliphatic rings. The normalized spacial score (nSPS) is 16.2. The molecule has 2 heterocycles. The van der Waals surface area contributed by atoms with Gasteiger partial charge < -0.3 is 5.32 Å². The lowest BCUT2D eigenvalue weighted by atomic mass is 9.94. The molecule has 5 heteroatoms. The van der Waals surface area contributed by atoms with Crippen molar-refractivity contribution in [3.8, 4) is 0 Å². The summed E-state index contributed by atoms with van der Waals surface area (Å²) in [5, 5.41) is 11.4. The van der Waals surface area contributed by atoms with E-state index in [-0.39, 0.29) is 11.9 Å². The Morgan fingerprint density at radius 2 is 2.08 bits per heavy atom. The van der Waals surface area contributed by atoms with E-state index in [2.05, 4.69) is 20.5 Å². The van der Waals surface area contributed by atoms with E-state index in [9.17, 15) is 4.79 Å². The van der Waals surface area contributed by atoms with Crippen LogP contribution in [0.25, 0.3) is 10.9 Å². The Bertz CT molecular complexity index is 881. The predicted octanol–water partition coefficient (Wildman–Crippen LogP) is 3.93. The molecule has 0 saturated heterocycles. The van der Waals surface area contributed by atoms with E-state index in [0.29, 0.717) is 11.5 Å². The highest BCUT2D eigenvalue weighted by Gasteiger charge is 2.29. The van der Waals surface area contributed by atoms with Gasteiger partial charge in [0, 0.05) is 22.8 Å². The number of hydrogen-bond donors (Lipinski definition) is 2. The Hall–Kier alpha value is -2.69. The molecule has 0 bridgehead atoms. The number of amides is 1. The first-order valence-corrected chi connectivity index (χ1v) is 8.89. The molecule has 1 aromatic carbocycles. The minimum absolute atomic E-state index is 0.0302. The summed E-state index contributed by atoms with van der Waals surface area (Å²) in [5.41, 5.74) is 3.46. The summed E-state index contributed by atoms with van der Waals surface area (Å²) in [4.78, 5) is 17.4. The van der Waals surface area contributed by atoms with Gasteiger partial charge in [-0.1, -0.05) is 18.9 Å². The van der Waals surface area contributed by atoms with Crippen LogP contribution in [-0.2, 0) is 0 Å². The highest BCUT2D eigenvalue weighted by molar-refractivity contribution is 5.98. The van der Waals surface area contributed by atoms with Gasteiger partial charge >= 0.3 is 0 Å². The molecule has 1 saturated carbocycles. The molecular formula is C20H22N4O. The summed E-state index contributed by atoms with van der Waals surface area (Å²) >= 11 is 0. The summed E-state index contributed by atoms with van der Waals surface area (Å²) in [6.07, 6.45) is 6.53. The Morgan fingerprint density at radius 3 is 2.84 bits per heavy atom. The van der Waals surface area contributed by atoms with Crippen LogP contribution in [0.1, 0.15) is 53.5 Å². The second kappa shape index (κ2) is 6.67. The van der Waals surface area contributed by atoms with Crippen molar-refractivity contribution in [3.05, 3.63) is 59.5 Å². The number of aryl methyl sites for hydroxylation is 1. The van der Waals surface area contributed by atoms with Gasteiger partial charge in [-0.15, -0.1) is 0 Å². The van der Waals surface area contributed by atoms with Gasteiger partial charge in [0.25, 0.3) is 5.91 Å². The maximum absolute atomic E-state index is 12.9. The summed E-state index contributed by atoms with van der Waals surface area (Å²) in [6, 6.07) is 11.5. The zero-order valence-corrected chi connectivity index (χ0v) is 14.3. The van der Waals surface area contributed by atoms with Crippen LogP contribution >= 0.6 is 0 Å². The van der Waals surface area contributed by atoms with E-state index in [4.69, 9.17) is 0 Å². The van der Waals surface area contributed by atoms with E-state index < -0.39 is 0 Å². The third kappa shape index (κ3) is 3.14. The maximum Gasteiger partial charge on any atom is 0.251 e. The van der Waals surface area contributed by atoms with Crippen molar-refractivity contribution >= 4 is 16.8 Å². The number of nitrogens with zero attached hydrogens (tertiary/aromatic N) is 2. The largest absolute Gasteiger partial charge is 0.343 e. The number of carbonyl (C=O) groups excluding carboxylic acids is 1. The van der Waals surface area contributed by atoms with Crippen LogP contribution in [0.3, 0.4) is 0 Å². The number of pyridine rings is 1. The fourth-order valence-corrected chi connectivity index (χ4v) is 3.79. The van der Waals surface area contributed by atoms with Crippen LogP contribution in [0.15, 0.2) is 42.6 Å². The standard InChI is InChI=1S/C20H22N4O/c1-13-16-12-15(9-10-17(16)24-23-13)20(25)22-19(14-6-2-3-7-14)18-8-4-5-11-21-18/h4-5,8-12,14,19H,2-3,6-7H2,1H3,(H,22,25)(H,23,24). The molecule has 0 radical (unpaired) electrons. The molecule has 1 aliphatic carbocycles. The predicted molar refractivity (Wildman–Crippen MR) is 97.2 cm³/mol. The Kier molecular flexibility index (Phi) is 4.22. The first kappa shape index (κ1) is 15.8. The number of benzene rings is 1. The van der Waals surface area contributed by atoms with Gasteiger partial charge in [0.05, 0.1) is 17.3 Å². The van der Waals surface area contributed by atoms with Crippen molar-refractivity contribution in [1.82, 2.24) is 20.5 Å². The summed E-state index contributed by atoms with van der Waals surface area (Å²) in [5.74, 6) is 0.406. The highest BCUT2D eigenvalue weighted by atomic mass is 16.1. The van der Waals surface area contributed by atoms with Crippen molar-refractivity contribution in [1.29, 1.82) is 0 Å². The van der Waals surface area contributed by atoms with Gasteiger partial charge in [0.2, 0.25) is 0 Å². The van der Waals surface area contributed by atoms with Crippen molar-refractivity contribution in [2.24, 2.45) is 5.92 Å². The monoisotopic (exact) mass is 334 g/mol. The molecule has 4 rings (SSSR count). The van der Waals surface area contributed by atoms with Crippen LogP contribution in [0, 0.1) is 12.8 Å². The Labute approximate surface area is 146 Å². The number of H-pyrrole nitrogens is 1. The van der Waals surface area contributed by atoms with Gasteiger partial charge in [0.15, 0.2) is 0 Å². The third-order valence-electron chi connectivity index (χ3n) is 5.17. The van der Waals surface area contributed by atoms with Gasteiger partial charge in [-0.2, -0.15) is 5.10 Å². The molecule has 128 valence electrons. The molecule has 1 amide bonds. The smallest absolute Gasteiger partial charge is 0.251 e. The molecule has 0 spiro atoms. The maximum atomic E-state index is 12.9. The van der Waals surface area contributed by atoms with E-state index in [0.717, 1.165) is 35.1 Å². The van der Waals surface area contributed by atoms with Crippen LogP contribution < -0.4 is 5.32 Å². The molecule has 25 heavy (non-hydrogen) atoms. The number of hydrogen-bond acceptors (Lipinski definition) is 3. The lowest BCUT2D eigenvalue weighted by Gasteiger charge is -2.24. The Morgan fingerprint density at radius 1 is 1.24 bits per heavy atom. The lowest BCUT2D eigenvalue weighted by Crippen LogP contribution is -2.33. The van der Waals surface area contributed by atoms with Crippen molar-refractivity contribution in [2.45, 2.75) is 38.6 Å². The second-order valence-electron chi connectivity index (χ2n) is 6.83. The fraction of sp³-hybridized carbons (Fsp3) is 0.350. The number of aromatic amines is 1. The lowest BCUT2D eigenvalue weighted by molar-refractivity contribution is 0.0920. The van der Waals surface area contributed by atoms with Gasteiger partial charge in [-0.25, -0.2) is 0 Å². The first-order valence-electron chi connectivity index (χ1n) is 8.89. The number of fused-ring (bicyclic) bond motifs is 1. The third-order valence-corrected chi connectivity index (χ3v) is 5.17. The molecule has 2 N–H and O–H groups in total. The molecule has 1 unspecified atom stereocenters. The molecule has 1 fully saturated rings. The summed E-state index contributed by atoms with van der Waals surface area (Å²) in [6.45, 7) is 1.96. The van der Waals surface area contributed by atoms with Gasteiger partial charge in [0.1, 0.15) is 0 Å². The molecular weight excluding hydrogens is 312 g/mol. The SMILES string of the molecule is Cc1[nH]nc2ccc(C(=O)NC(c3ccccn3)C3CCCC3)cc12. The Balaban J connectivity index is 1.61. The quantitative estimate of drug-likeness (QED) is 0.759. The molecule has 3 aromatic rings. The average Bonchev–Trinajstić information content (AvgIpc) is 3.30. The van der Waals surface area contributed by atoms with Crippen molar-refractivity contribution in [2.75, 3.05) is 0 Å². The van der Waals surface area contributed by atoms with Crippen molar-refractivity contribution in [3.63, 3.8) is 0 Å². The molecule has 5 nitrogen and oxygen atoms in total. The van der Waals surface area contributed by atoms with Crippen LogP contribution in [-0.4, -0.2) is 21.1 Å². The highest BCUT2D eigenvalue weighted by Crippen LogP contribution is 2.35. The molecule has 2 aromatic heterocycles. The van der Waals surface area contributed by atoms with E-state index in [1.54, 1.807) is 6.20 Å². The minimum Gasteiger partial charge on any atom is -0.343 e. The van der Waals surface area contributed by atoms with E-state index in [1.165, 1.54) is 12.8 Å². The van der Waals surface area contributed by atoms with Crippen LogP contribution in [0.2, 0.25) is 0 Å². The molecule has 0 aliphatic heterocycles.